The van der Waals surface area contributed by atoms with Crippen LogP contribution in [0.3, 0.4) is 0 Å². The maximum Gasteiger partial charge on any atom is 0.181 e. The van der Waals surface area contributed by atoms with Crippen LogP contribution in [-0.4, -0.2) is 21.2 Å². The van der Waals surface area contributed by atoms with Crippen LogP contribution in [0.4, 0.5) is 13.2 Å². The van der Waals surface area contributed by atoms with E-state index in [1.807, 2.05) is 0 Å². The molecule has 1 aliphatic rings. The van der Waals surface area contributed by atoms with Crippen molar-refractivity contribution in [2.45, 2.75) is 23.8 Å². The summed E-state index contributed by atoms with van der Waals surface area (Å²) in [4.78, 5) is -1.21. The van der Waals surface area contributed by atoms with Gasteiger partial charge in [0.2, 0.25) is 0 Å². The summed E-state index contributed by atoms with van der Waals surface area (Å²) < 4.78 is 63.4. The Labute approximate surface area is 103 Å². The van der Waals surface area contributed by atoms with Crippen LogP contribution in [-0.2, 0) is 9.84 Å². The van der Waals surface area contributed by atoms with Crippen LogP contribution in [0.5, 0.6) is 0 Å². The van der Waals surface area contributed by atoms with E-state index < -0.39 is 38.2 Å². The van der Waals surface area contributed by atoms with E-state index in [1.165, 1.54) is 0 Å². The molecule has 1 aromatic rings. The molecule has 0 radical (unpaired) electrons. The molecule has 1 saturated heterocycles. The lowest BCUT2D eigenvalue weighted by Crippen LogP contribution is -2.17. The van der Waals surface area contributed by atoms with Gasteiger partial charge >= 0.3 is 0 Å². The second-order valence-electron chi connectivity index (χ2n) is 4.33. The van der Waals surface area contributed by atoms with Gasteiger partial charge in [0.1, 0.15) is 10.7 Å². The van der Waals surface area contributed by atoms with Gasteiger partial charge in [-0.2, -0.15) is 0 Å². The summed E-state index contributed by atoms with van der Waals surface area (Å²) in [6.07, 6.45) is 1.98. The van der Waals surface area contributed by atoms with E-state index in [2.05, 4.69) is 5.32 Å². The topological polar surface area (TPSA) is 46.2 Å². The van der Waals surface area contributed by atoms with Gasteiger partial charge in [-0.1, -0.05) is 0 Å². The highest BCUT2D eigenvalue weighted by Gasteiger charge is 2.29. The second kappa shape index (κ2) is 4.55. The molecule has 1 fully saturated rings. The molecule has 0 spiro atoms. The van der Waals surface area contributed by atoms with Gasteiger partial charge in [-0.05, 0) is 25.5 Å². The van der Waals surface area contributed by atoms with E-state index in [0.717, 1.165) is 12.5 Å². The molecule has 1 unspecified atom stereocenters. The largest absolute Gasteiger partial charge is 0.310 e. The van der Waals surface area contributed by atoms with Gasteiger partial charge in [-0.3, -0.25) is 0 Å². The van der Waals surface area contributed by atoms with Gasteiger partial charge < -0.3 is 5.32 Å². The molecule has 18 heavy (non-hydrogen) atoms. The lowest BCUT2D eigenvalue weighted by molar-refractivity contribution is 0.439. The number of nitrogens with one attached hydrogen (secondary N) is 1. The number of halogens is 3. The van der Waals surface area contributed by atoms with Crippen LogP contribution in [0.25, 0.3) is 0 Å². The predicted octanol–water partition coefficient (Wildman–Crippen LogP) is 1.93. The Hall–Kier alpha value is -1.08. The maximum absolute atomic E-state index is 13.8. The van der Waals surface area contributed by atoms with Crippen LogP contribution in [0.1, 0.15) is 24.4 Å². The third-order valence-corrected chi connectivity index (χ3v) is 4.07. The first kappa shape index (κ1) is 13.4. The molecule has 3 nitrogen and oxygen atoms in total. The summed E-state index contributed by atoms with van der Waals surface area (Å²) in [7, 11) is -4.14. The van der Waals surface area contributed by atoms with Crippen molar-refractivity contribution in [3.05, 3.63) is 29.1 Å². The van der Waals surface area contributed by atoms with Gasteiger partial charge in [-0.15, -0.1) is 0 Å². The zero-order chi connectivity index (χ0) is 13.5. The van der Waals surface area contributed by atoms with Crippen molar-refractivity contribution >= 4 is 9.84 Å². The Morgan fingerprint density at radius 3 is 2.44 bits per heavy atom. The highest BCUT2D eigenvalue weighted by atomic mass is 32.2. The van der Waals surface area contributed by atoms with Crippen molar-refractivity contribution in [3.8, 4) is 0 Å². The minimum atomic E-state index is -4.14. The fourth-order valence-electron chi connectivity index (χ4n) is 2.14. The van der Waals surface area contributed by atoms with Gasteiger partial charge in [-0.25, -0.2) is 21.6 Å². The molecule has 0 aliphatic carbocycles. The molecular formula is C11H12F3NO2S. The van der Waals surface area contributed by atoms with Crippen LogP contribution < -0.4 is 5.32 Å². The minimum Gasteiger partial charge on any atom is -0.310 e. The Bertz CT molecular complexity index is 580. The number of hydrogen-bond donors (Lipinski definition) is 1. The zero-order valence-electron chi connectivity index (χ0n) is 9.63. The summed E-state index contributed by atoms with van der Waals surface area (Å²) in [5.41, 5.74) is -0.157. The highest BCUT2D eigenvalue weighted by Crippen LogP contribution is 2.31. The molecule has 0 saturated carbocycles. The standard InChI is InChI=1S/C11H12F3NO2S/c1-18(16,17)11-7(12)5-6(9(13)10(11)14)8-3-2-4-15-8/h5,8,15H,2-4H2,1H3. The summed E-state index contributed by atoms with van der Waals surface area (Å²) in [6.45, 7) is 0.640. The molecule has 1 heterocycles. The molecule has 1 aliphatic heterocycles. The van der Waals surface area contributed by atoms with E-state index in [9.17, 15) is 21.6 Å². The fraction of sp³-hybridized carbons (Fsp3) is 0.455. The molecule has 0 aromatic heterocycles. The molecular weight excluding hydrogens is 267 g/mol. The Kier molecular flexibility index (Phi) is 3.37. The number of benzene rings is 1. The smallest absolute Gasteiger partial charge is 0.181 e. The van der Waals surface area contributed by atoms with Crippen molar-refractivity contribution in [2.75, 3.05) is 12.8 Å². The molecule has 0 bridgehead atoms. The summed E-state index contributed by atoms with van der Waals surface area (Å²) in [5.74, 6) is -4.18. The Balaban J connectivity index is 2.61. The van der Waals surface area contributed by atoms with Crippen LogP contribution in [0.15, 0.2) is 11.0 Å². The maximum atomic E-state index is 13.8. The van der Waals surface area contributed by atoms with E-state index in [0.29, 0.717) is 19.2 Å². The molecule has 100 valence electrons. The second-order valence-corrected chi connectivity index (χ2v) is 6.28. The first-order valence-electron chi connectivity index (χ1n) is 5.43. The van der Waals surface area contributed by atoms with Crippen LogP contribution in [0, 0.1) is 17.5 Å². The van der Waals surface area contributed by atoms with Gasteiger partial charge in [0.05, 0.1) is 0 Å². The predicted molar refractivity (Wildman–Crippen MR) is 59.4 cm³/mol. The van der Waals surface area contributed by atoms with Crippen molar-refractivity contribution < 1.29 is 21.6 Å². The first-order chi connectivity index (χ1) is 8.32. The van der Waals surface area contributed by atoms with Crippen molar-refractivity contribution in [2.24, 2.45) is 0 Å². The minimum absolute atomic E-state index is 0.157. The van der Waals surface area contributed by atoms with E-state index in [-0.39, 0.29) is 5.56 Å². The van der Waals surface area contributed by atoms with Crippen LogP contribution in [0.2, 0.25) is 0 Å². The molecule has 0 amide bonds. The zero-order valence-corrected chi connectivity index (χ0v) is 10.5. The number of sulfone groups is 1. The van der Waals surface area contributed by atoms with E-state index in [1.54, 1.807) is 0 Å². The van der Waals surface area contributed by atoms with Gasteiger partial charge in [0, 0.05) is 17.9 Å². The summed E-state index contributed by atoms with van der Waals surface area (Å²) >= 11 is 0. The molecule has 1 atom stereocenters. The van der Waals surface area contributed by atoms with Gasteiger partial charge in [0.15, 0.2) is 21.5 Å². The van der Waals surface area contributed by atoms with Crippen molar-refractivity contribution in [3.63, 3.8) is 0 Å². The highest BCUT2D eigenvalue weighted by molar-refractivity contribution is 7.90. The fourth-order valence-corrected chi connectivity index (χ4v) is 2.97. The van der Waals surface area contributed by atoms with E-state index >= 15 is 0 Å². The normalized spacial score (nSPS) is 20.3. The first-order valence-corrected chi connectivity index (χ1v) is 7.32. The van der Waals surface area contributed by atoms with Crippen molar-refractivity contribution in [1.82, 2.24) is 5.32 Å². The van der Waals surface area contributed by atoms with Crippen molar-refractivity contribution in [1.29, 1.82) is 0 Å². The lowest BCUT2D eigenvalue weighted by atomic mass is 10.0. The average molecular weight is 279 g/mol. The lowest BCUT2D eigenvalue weighted by Gasteiger charge is -2.14. The van der Waals surface area contributed by atoms with Crippen LogP contribution >= 0.6 is 0 Å². The third-order valence-electron chi connectivity index (χ3n) is 2.95. The molecule has 7 heteroatoms. The molecule has 2 rings (SSSR count). The number of hydrogen-bond acceptors (Lipinski definition) is 3. The SMILES string of the molecule is CS(=O)(=O)c1c(F)cc(C2CCCN2)c(F)c1F. The summed E-state index contributed by atoms with van der Waals surface area (Å²) in [5, 5.41) is 2.90. The third kappa shape index (κ3) is 2.24. The average Bonchev–Trinajstić information content (AvgIpc) is 2.74. The monoisotopic (exact) mass is 279 g/mol. The van der Waals surface area contributed by atoms with E-state index in [4.69, 9.17) is 0 Å². The Morgan fingerprint density at radius 2 is 1.94 bits per heavy atom. The van der Waals surface area contributed by atoms with Gasteiger partial charge in [0.25, 0.3) is 0 Å². The number of rotatable bonds is 2. The molecule has 1 aromatic carbocycles. The molecule has 1 N–H and O–H groups in total. The quantitative estimate of drug-likeness (QED) is 0.841. The summed E-state index contributed by atoms with van der Waals surface area (Å²) in [6, 6.07) is 0.292. The Morgan fingerprint density at radius 1 is 1.28 bits per heavy atom.